The van der Waals surface area contributed by atoms with Crippen molar-refractivity contribution in [3.8, 4) is 11.1 Å². The van der Waals surface area contributed by atoms with Crippen molar-refractivity contribution in [2.75, 3.05) is 145 Å². The van der Waals surface area contributed by atoms with Crippen LogP contribution in [0, 0.1) is 0 Å². The Labute approximate surface area is 302 Å². The van der Waals surface area contributed by atoms with E-state index in [1.54, 1.807) is 6.08 Å². The summed E-state index contributed by atoms with van der Waals surface area (Å²) in [6.07, 6.45) is 1.26. The van der Waals surface area contributed by atoms with Crippen LogP contribution in [0.1, 0.15) is 17.0 Å². The molecule has 0 bridgehead atoms. The predicted molar refractivity (Wildman–Crippen MR) is 191 cm³/mol. The summed E-state index contributed by atoms with van der Waals surface area (Å²) in [5.41, 5.74) is 4.77. The summed E-state index contributed by atoms with van der Waals surface area (Å²) in [6, 6.07) is 16.5. The summed E-state index contributed by atoms with van der Waals surface area (Å²) >= 11 is 0. The summed E-state index contributed by atoms with van der Waals surface area (Å²) in [5, 5.41) is 2.74. The summed E-state index contributed by atoms with van der Waals surface area (Å²) in [4.78, 5) is 12.2. The quantitative estimate of drug-likeness (QED) is 0.0833. The fourth-order valence-corrected chi connectivity index (χ4v) is 5.02. The van der Waals surface area contributed by atoms with Crippen LogP contribution in [0.3, 0.4) is 0 Å². The van der Waals surface area contributed by atoms with Crippen LogP contribution in [-0.2, 0) is 52.1 Å². The molecule has 0 aromatic heterocycles. The number of ether oxygens (including phenoxy) is 11. The van der Waals surface area contributed by atoms with E-state index in [4.69, 9.17) is 52.1 Å². The second-order valence-corrected chi connectivity index (χ2v) is 11.1. The fourth-order valence-electron chi connectivity index (χ4n) is 5.02. The first-order valence-electron chi connectivity index (χ1n) is 17.8. The van der Waals surface area contributed by atoms with Crippen LogP contribution in [-0.4, -0.2) is 151 Å². The molecule has 13 nitrogen and oxygen atoms in total. The van der Waals surface area contributed by atoms with Crippen molar-refractivity contribution in [1.29, 1.82) is 0 Å². The van der Waals surface area contributed by atoms with Crippen LogP contribution < -0.4 is 5.32 Å². The summed E-state index contributed by atoms with van der Waals surface area (Å²) in [5.74, 6) is 0.0380. The topological polar surface area (TPSA) is 131 Å². The van der Waals surface area contributed by atoms with Gasteiger partial charge in [-0.25, -0.2) is 4.79 Å². The van der Waals surface area contributed by atoms with E-state index in [9.17, 15) is 4.79 Å². The van der Waals surface area contributed by atoms with E-state index < -0.39 is 6.09 Å². The maximum Gasteiger partial charge on any atom is 0.407 e. The fraction of sp³-hybridized carbons (Fsp3) is 0.605. The third-order valence-corrected chi connectivity index (χ3v) is 7.44. The minimum Gasteiger partial charge on any atom is -0.449 e. The van der Waals surface area contributed by atoms with E-state index >= 15 is 0 Å². The number of fused-ring (bicyclic) bond motifs is 3. The predicted octanol–water partition coefficient (Wildman–Crippen LogP) is 3.88. The molecule has 0 atom stereocenters. The maximum atomic E-state index is 12.2. The maximum absolute atomic E-state index is 12.2. The minimum absolute atomic E-state index is 0.0380. The first-order valence-corrected chi connectivity index (χ1v) is 17.8. The molecule has 0 radical (unpaired) electrons. The highest BCUT2D eigenvalue weighted by Gasteiger charge is 2.28. The first-order chi connectivity index (χ1) is 25.3. The van der Waals surface area contributed by atoms with Crippen molar-refractivity contribution in [2.45, 2.75) is 5.92 Å². The van der Waals surface area contributed by atoms with Crippen molar-refractivity contribution in [2.24, 2.45) is 0 Å². The average molecular weight is 720 g/mol. The number of carbonyl (C=O) groups is 1. The zero-order chi connectivity index (χ0) is 35.9. The molecule has 2 aromatic rings. The molecule has 286 valence electrons. The first kappa shape index (κ1) is 42.5. The molecule has 1 aliphatic rings. The molecule has 0 unspecified atom stereocenters. The Bertz CT molecular complexity index is 1120. The van der Waals surface area contributed by atoms with E-state index in [0.717, 1.165) is 0 Å². The summed E-state index contributed by atoms with van der Waals surface area (Å²) < 4.78 is 60.0. The number of carbonyl (C=O) groups excluding carboxylic acids is 1. The highest BCUT2D eigenvalue weighted by molar-refractivity contribution is 5.79. The van der Waals surface area contributed by atoms with Crippen molar-refractivity contribution in [1.82, 2.24) is 5.32 Å². The zero-order valence-electron chi connectivity index (χ0n) is 29.9. The number of benzene rings is 2. The van der Waals surface area contributed by atoms with Crippen molar-refractivity contribution in [3.05, 3.63) is 72.3 Å². The Kier molecular flexibility index (Phi) is 24.7. The molecule has 3 rings (SSSR count). The number of rotatable bonds is 34. The molecule has 51 heavy (non-hydrogen) atoms. The minimum atomic E-state index is -0.452. The smallest absolute Gasteiger partial charge is 0.407 e. The lowest BCUT2D eigenvalue weighted by atomic mass is 9.98. The van der Waals surface area contributed by atoms with Gasteiger partial charge in [0.05, 0.1) is 132 Å². The molecular weight excluding hydrogens is 662 g/mol. The van der Waals surface area contributed by atoms with Crippen molar-refractivity contribution < 1.29 is 56.9 Å². The summed E-state index contributed by atoms with van der Waals surface area (Å²) in [7, 11) is 0. The van der Waals surface area contributed by atoms with Gasteiger partial charge in [-0.2, -0.15) is 0 Å². The van der Waals surface area contributed by atoms with Gasteiger partial charge in [0.1, 0.15) is 6.61 Å². The van der Waals surface area contributed by atoms with E-state index in [2.05, 4.69) is 36.2 Å². The van der Waals surface area contributed by atoms with Gasteiger partial charge in [-0.05, 0) is 22.3 Å². The van der Waals surface area contributed by atoms with E-state index in [-0.39, 0.29) is 12.5 Å². The highest BCUT2D eigenvalue weighted by Crippen LogP contribution is 2.44. The van der Waals surface area contributed by atoms with E-state index in [1.165, 1.54) is 22.3 Å². The third kappa shape index (κ3) is 19.5. The van der Waals surface area contributed by atoms with Gasteiger partial charge in [0.25, 0.3) is 0 Å². The monoisotopic (exact) mass is 719 g/mol. The van der Waals surface area contributed by atoms with Crippen LogP contribution in [0.25, 0.3) is 11.1 Å². The molecule has 0 saturated carbocycles. The molecule has 1 amide bonds. The van der Waals surface area contributed by atoms with Gasteiger partial charge >= 0.3 is 6.09 Å². The molecule has 1 N–H and O–H groups in total. The largest absolute Gasteiger partial charge is 0.449 e. The number of alkyl carbamates (subject to hydrolysis) is 1. The SMILES string of the molecule is C=CCOCCOCCOCCOCCOCCOCCOCCOCCOCCOCCNC(=O)OCC1c2ccccc2-c2ccccc21. The Morgan fingerprint density at radius 3 is 1.22 bits per heavy atom. The van der Waals surface area contributed by atoms with Gasteiger partial charge in [0, 0.05) is 12.5 Å². The lowest BCUT2D eigenvalue weighted by Gasteiger charge is -2.14. The highest BCUT2D eigenvalue weighted by atomic mass is 16.6. The number of hydrogen-bond acceptors (Lipinski definition) is 12. The Morgan fingerprint density at radius 2 is 0.843 bits per heavy atom. The van der Waals surface area contributed by atoms with Crippen LogP contribution in [0.15, 0.2) is 61.2 Å². The number of hydrogen-bond donors (Lipinski definition) is 1. The van der Waals surface area contributed by atoms with Gasteiger partial charge in [-0.15, -0.1) is 6.58 Å². The standard InChI is InChI=1S/C38H57NO12/c1-2-12-41-14-16-43-18-20-45-22-24-47-26-28-49-30-31-50-29-27-48-25-23-46-21-19-44-17-15-42-13-11-39-38(40)51-32-37-35-9-5-3-7-33(35)34-8-4-6-10-36(34)37/h2-10,37H,1,11-32H2,(H,39,40). The van der Waals surface area contributed by atoms with E-state index in [1.807, 2.05) is 24.3 Å². The van der Waals surface area contributed by atoms with Gasteiger partial charge in [0.15, 0.2) is 0 Å². The Hall–Kier alpha value is -2.95. The molecule has 0 spiro atoms. The molecule has 0 heterocycles. The number of amides is 1. The van der Waals surface area contributed by atoms with Crippen molar-refractivity contribution >= 4 is 6.09 Å². The zero-order valence-corrected chi connectivity index (χ0v) is 29.9. The van der Waals surface area contributed by atoms with Crippen LogP contribution in [0.4, 0.5) is 4.79 Å². The molecular formula is C38H57NO12. The summed E-state index contributed by atoms with van der Waals surface area (Å²) in [6.45, 7) is 14.1. The molecule has 2 aromatic carbocycles. The third-order valence-electron chi connectivity index (χ3n) is 7.44. The second-order valence-electron chi connectivity index (χ2n) is 11.1. The average Bonchev–Trinajstić information content (AvgIpc) is 3.48. The number of nitrogens with one attached hydrogen (secondary N) is 1. The lowest BCUT2D eigenvalue weighted by molar-refractivity contribution is -0.0260. The van der Waals surface area contributed by atoms with E-state index in [0.29, 0.717) is 139 Å². The van der Waals surface area contributed by atoms with Gasteiger partial charge in [-0.1, -0.05) is 54.6 Å². The molecule has 13 heteroatoms. The Balaban J connectivity index is 0.965. The van der Waals surface area contributed by atoms with Crippen LogP contribution in [0.2, 0.25) is 0 Å². The van der Waals surface area contributed by atoms with Crippen molar-refractivity contribution in [3.63, 3.8) is 0 Å². The normalized spacial score (nSPS) is 12.2. The molecule has 1 aliphatic carbocycles. The molecule has 0 fully saturated rings. The Morgan fingerprint density at radius 1 is 0.510 bits per heavy atom. The van der Waals surface area contributed by atoms with Crippen LogP contribution in [0.5, 0.6) is 0 Å². The van der Waals surface area contributed by atoms with Crippen LogP contribution >= 0.6 is 0 Å². The second kappa shape index (κ2) is 29.6. The lowest BCUT2D eigenvalue weighted by Crippen LogP contribution is -2.29. The van der Waals surface area contributed by atoms with Gasteiger partial charge in [0.2, 0.25) is 0 Å². The van der Waals surface area contributed by atoms with Gasteiger partial charge in [-0.3, -0.25) is 0 Å². The van der Waals surface area contributed by atoms with Gasteiger partial charge < -0.3 is 57.4 Å². The molecule has 0 saturated heterocycles. The molecule has 0 aliphatic heterocycles.